The molecule has 0 aromatic heterocycles. The third-order valence-corrected chi connectivity index (χ3v) is 11.2. The number of primary amides is 1. The number of aliphatic carboxylic acids is 1. The first-order chi connectivity index (χ1) is 30.7. The molecule has 0 fully saturated rings. The minimum atomic E-state index is -5.35. The van der Waals surface area contributed by atoms with Gasteiger partial charge in [0.1, 0.15) is 24.2 Å². The van der Waals surface area contributed by atoms with Crippen LogP contribution < -0.4 is 38.5 Å². The van der Waals surface area contributed by atoms with Gasteiger partial charge in [0.2, 0.25) is 39.9 Å². The van der Waals surface area contributed by atoms with E-state index < -0.39 is 89.1 Å². The second kappa shape index (κ2) is 34.1. The number of carboxylic acid groups (broad SMARTS) is 1. The molecule has 5 amide bonds. The van der Waals surface area contributed by atoms with Gasteiger partial charge in [-0.3, -0.25) is 33.0 Å². The van der Waals surface area contributed by atoms with Crippen LogP contribution in [-0.2, 0) is 49.8 Å². The van der Waals surface area contributed by atoms with Crippen LogP contribution in [0.25, 0.3) is 0 Å². The third-order valence-electron chi connectivity index (χ3n) is 10.8. The van der Waals surface area contributed by atoms with Gasteiger partial charge in [-0.05, 0) is 75.8 Å². The zero-order chi connectivity index (χ0) is 49.4. The predicted molar refractivity (Wildman–Crippen MR) is 249 cm³/mol. The SMILES string of the molecule is CC(C)C[C@H](NC(=O)[C@@H](N)CCC(=O)O)C(=O)N[C@@H](COS(=O)(=O)[O-])C(=O)N[C@@H](CCCCN)C(=O)N[C@@H](Cc1ccccc1)C(N)=O.CCCC[N+](CCCC)(CCCC)CCCC. The molecule has 0 unspecified atom stereocenters. The van der Waals surface area contributed by atoms with Crippen LogP contribution in [0.1, 0.15) is 137 Å². The van der Waals surface area contributed by atoms with Crippen LogP contribution >= 0.6 is 0 Å². The van der Waals surface area contributed by atoms with Gasteiger partial charge < -0.3 is 52.6 Å². The highest BCUT2D eigenvalue weighted by molar-refractivity contribution is 7.80. The van der Waals surface area contributed by atoms with Gasteiger partial charge in [-0.1, -0.05) is 97.6 Å². The Balaban J connectivity index is 0.00000202. The topological polar surface area (TPSA) is 315 Å². The van der Waals surface area contributed by atoms with E-state index in [-0.39, 0.29) is 38.1 Å². The summed E-state index contributed by atoms with van der Waals surface area (Å²) in [4.78, 5) is 75.7. The first-order valence-electron chi connectivity index (χ1n) is 23.3. The standard InChI is InChI=1S/C29H47N7O11S.C16H36N/c1-17(2)14-22(35-26(40)19(31)11-12-24(37)38)28(42)36-23(16-47-48(44,45)46)29(43)33-20(10-6-7-13-30)27(41)34-21(25(32)39)15-18-8-4-3-5-9-18;1-5-9-13-17(14-10-6-2,15-11-7-3)16-12-8-4/h3-5,8-9,17,19-23H,6-7,10-16,30-31H2,1-2H3,(H2,32,39)(H,33,43)(H,34,41)(H,35,40)(H,36,42)(H,37,38)(H,44,45,46);5-16H2,1-4H3/q;+1/p-1/t19-,20-,21-,22-,23-;/m0./s1. The zero-order valence-electron chi connectivity index (χ0n) is 39.8. The number of carbonyl (C=O) groups is 6. The first-order valence-corrected chi connectivity index (χ1v) is 24.7. The molecule has 0 heterocycles. The minimum Gasteiger partial charge on any atom is -0.726 e. The van der Waals surface area contributed by atoms with Crippen molar-refractivity contribution < 1.29 is 55.5 Å². The van der Waals surface area contributed by atoms with Crippen molar-refractivity contribution in [2.24, 2.45) is 23.1 Å². The van der Waals surface area contributed by atoms with Gasteiger partial charge in [0.15, 0.2) is 0 Å². The normalized spacial score (nSPS) is 13.9. The molecule has 5 atom stereocenters. The van der Waals surface area contributed by atoms with Crippen molar-refractivity contribution in [3.63, 3.8) is 0 Å². The molecule has 374 valence electrons. The Morgan fingerprint density at radius 1 is 0.692 bits per heavy atom. The van der Waals surface area contributed by atoms with Crippen molar-refractivity contribution in [1.29, 1.82) is 0 Å². The van der Waals surface area contributed by atoms with Gasteiger partial charge in [-0.25, -0.2) is 8.42 Å². The van der Waals surface area contributed by atoms with Gasteiger partial charge in [0, 0.05) is 12.8 Å². The van der Waals surface area contributed by atoms with Crippen LogP contribution in [0, 0.1) is 5.92 Å². The highest BCUT2D eigenvalue weighted by Gasteiger charge is 2.33. The number of nitrogens with one attached hydrogen (secondary N) is 4. The molecule has 20 heteroatoms. The summed E-state index contributed by atoms with van der Waals surface area (Å²) in [6.07, 6.45) is 11.3. The molecule has 0 saturated heterocycles. The number of amides is 5. The number of nitrogens with two attached hydrogens (primary N) is 3. The van der Waals surface area contributed by atoms with Crippen molar-refractivity contribution >= 4 is 45.9 Å². The van der Waals surface area contributed by atoms with E-state index in [1.807, 2.05) is 0 Å². The summed E-state index contributed by atoms with van der Waals surface area (Å²) in [5, 5.41) is 18.4. The van der Waals surface area contributed by atoms with Crippen molar-refractivity contribution in [2.75, 3.05) is 39.3 Å². The molecule has 0 aliphatic heterocycles. The maximum Gasteiger partial charge on any atom is 0.303 e. The predicted octanol–water partition coefficient (Wildman–Crippen LogP) is 2.50. The van der Waals surface area contributed by atoms with Gasteiger partial charge in [-0.2, -0.15) is 0 Å². The van der Waals surface area contributed by atoms with E-state index in [2.05, 4.69) is 53.1 Å². The van der Waals surface area contributed by atoms with E-state index in [9.17, 15) is 41.7 Å². The molecule has 19 nitrogen and oxygen atoms in total. The van der Waals surface area contributed by atoms with Crippen LogP contribution in [-0.4, -0.2) is 128 Å². The van der Waals surface area contributed by atoms with Gasteiger partial charge in [0.05, 0.1) is 38.8 Å². The smallest absolute Gasteiger partial charge is 0.303 e. The fourth-order valence-electron chi connectivity index (χ4n) is 7.02. The lowest BCUT2D eigenvalue weighted by Crippen LogP contribution is -2.60. The van der Waals surface area contributed by atoms with Crippen molar-refractivity contribution in [1.82, 2.24) is 21.3 Å². The molecule has 0 radical (unpaired) electrons. The maximum atomic E-state index is 13.4. The Morgan fingerprint density at radius 2 is 1.15 bits per heavy atom. The number of nitrogens with zero attached hydrogens (tertiary/aromatic N) is 1. The molecule has 0 spiro atoms. The zero-order valence-corrected chi connectivity index (χ0v) is 40.6. The second-order valence-corrected chi connectivity index (χ2v) is 18.2. The minimum absolute atomic E-state index is 0.00718. The summed E-state index contributed by atoms with van der Waals surface area (Å²) >= 11 is 0. The van der Waals surface area contributed by atoms with Crippen molar-refractivity contribution in [3.8, 4) is 0 Å². The molecule has 0 saturated carbocycles. The lowest BCUT2D eigenvalue weighted by atomic mass is 10.0. The van der Waals surface area contributed by atoms with Gasteiger partial charge >= 0.3 is 5.97 Å². The number of carboxylic acids is 1. The van der Waals surface area contributed by atoms with E-state index in [4.69, 9.17) is 22.3 Å². The summed E-state index contributed by atoms with van der Waals surface area (Å²) in [6.45, 7) is 17.5. The maximum absolute atomic E-state index is 13.4. The molecule has 1 rings (SSSR count). The van der Waals surface area contributed by atoms with Crippen LogP contribution in [0.2, 0.25) is 0 Å². The lowest BCUT2D eigenvalue weighted by Gasteiger charge is -2.39. The highest BCUT2D eigenvalue weighted by Crippen LogP contribution is 2.17. The monoisotopic (exact) mass is 943 g/mol. The van der Waals surface area contributed by atoms with Crippen LogP contribution in [0.5, 0.6) is 0 Å². The third kappa shape index (κ3) is 28.4. The summed E-state index contributed by atoms with van der Waals surface area (Å²) in [5.41, 5.74) is 17.5. The summed E-state index contributed by atoms with van der Waals surface area (Å²) in [5.74, 6) is -6.03. The fourth-order valence-corrected chi connectivity index (χ4v) is 7.32. The summed E-state index contributed by atoms with van der Waals surface area (Å²) in [6, 6.07) is 1.69. The molecule has 11 N–H and O–H groups in total. The Bertz CT molecular complexity index is 1620. The number of unbranched alkanes of at least 4 members (excludes halogenated alkanes) is 5. The van der Waals surface area contributed by atoms with Crippen LogP contribution in [0.3, 0.4) is 0 Å². The Labute approximate surface area is 388 Å². The van der Waals surface area contributed by atoms with Gasteiger partial charge in [0.25, 0.3) is 0 Å². The quantitative estimate of drug-likeness (QED) is 0.0210. The molecule has 0 aliphatic rings. The van der Waals surface area contributed by atoms with E-state index >= 15 is 0 Å². The molecule has 1 aromatic rings. The van der Waals surface area contributed by atoms with E-state index in [1.54, 1.807) is 44.2 Å². The fraction of sp³-hybridized carbons (Fsp3) is 0.733. The summed E-state index contributed by atoms with van der Waals surface area (Å²) in [7, 11) is -5.35. The van der Waals surface area contributed by atoms with Crippen LogP contribution in [0.4, 0.5) is 0 Å². The average molecular weight is 943 g/mol. The lowest BCUT2D eigenvalue weighted by molar-refractivity contribution is -0.929. The number of carbonyl (C=O) groups excluding carboxylic acids is 5. The number of rotatable bonds is 35. The molecular weight excluding hydrogens is 861 g/mol. The van der Waals surface area contributed by atoms with E-state index in [0.717, 1.165) is 0 Å². The van der Waals surface area contributed by atoms with E-state index in [0.29, 0.717) is 18.4 Å². The Morgan fingerprint density at radius 3 is 1.60 bits per heavy atom. The molecule has 0 bridgehead atoms. The van der Waals surface area contributed by atoms with Crippen LogP contribution in [0.15, 0.2) is 30.3 Å². The molecular formula is C45H82N8O11S. The molecule has 1 aromatic carbocycles. The van der Waals surface area contributed by atoms with E-state index in [1.165, 1.54) is 82.0 Å². The number of quaternary nitrogens is 1. The number of benzene rings is 1. The first kappa shape index (κ1) is 60.8. The van der Waals surface area contributed by atoms with Crippen molar-refractivity contribution in [2.45, 2.75) is 168 Å². The van der Waals surface area contributed by atoms with Gasteiger partial charge in [-0.15, -0.1) is 0 Å². The average Bonchev–Trinajstić information content (AvgIpc) is 3.25. The largest absolute Gasteiger partial charge is 0.726 e. The molecule has 65 heavy (non-hydrogen) atoms. The number of hydrogen-bond donors (Lipinski definition) is 8. The second-order valence-electron chi connectivity index (χ2n) is 17.1. The van der Waals surface area contributed by atoms with Crippen molar-refractivity contribution in [3.05, 3.63) is 35.9 Å². The summed E-state index contributed by atoms with van der Waals surface area (Å²) < 4.78 is 39.4. The molecule has 0 aliphatic carbocycles. The number of hydrogen-bond acceptors (Lipinski definition) is 12. The highest BCUT2D eigenvalue weighted by atomic mass is 32.3. The Hall–Kier alpha value is -4.21. The Kier molecular flexibility index (Phi) is 31.9.